The molecule has 166 valence electrons. The first kappa shape index (κ1) is 23.2. The highest BCUT2D eigenvalue weighted by molar-refractivity contribution is 5.55. The van der Waals surface area contributed by atoms with Crippen LogP contribution in [-0.4, -0.2) is 36.9 Å². The van der Waals surface area contributed by atoms with Crippen LogP contribution in [0.4, 0.5) is 0 Å². The molecule has 1 fully saturated rings. The maximum atomic E-state index is 10.4. The quantitative estimate of drug-likeness (QED) is 0.167. The second-order valence-corrected chi connectivity index (χ2v) is 8.85. The Morgan fingerprint density at radius 2 is 1.48 bits per heavy atom. The Kier molecular flexibility index (Phi) is 9.75. The van der Waals surface area contributed by atoms with Crippen LogP contribution >= 0.6 is 0 Å². The summed E-state index contributed by atoms with van der Waals surface area (Å²) in [6, 6.07) is 21.9. The SMILES string of the molecule is CC(CCCCCCN=CN1CCC(C(c2ccccc2)c2ccccc2)CC1)N=O. The number of hydrogen-bond acceptors (Lipinski definition) is 3. The zero-order chi connectivity index (χ0) is 21.7. The summed E-state index contributed by atoms with van der Waals surface area (Å²) in [6.45, 7) is 4.96. The van der Waals surface area contributed by atoms with E-state index in [1.807, 2.05) is 6.92 Å². The van der Waals surface area contributed by atoms with Crippen LogP contribution in [0.3, 0.4) is 0 Å². The average Bonchev–Trinajstić information content (AvgIpc) is 2.83. The number of hydrogen-bond donors (Lipinski definition) is 0. The largest absolute Gasteiger partial charge is 0.363 e. The molecule has 1 heterocycles. The van der Waals surface area contributed by atoms with Crippen molar-refractivity contribution in [3.63, 3.8) is 0 Å². The van der Waals surface area contributed by atoms with Gasteiger partial charge in [-0.3, -0.25) is 4.99 Å². The van der Waals surface area contributed by atoms with Gasteiger partial charge in [-0.1, -0.05) is 85.1 Å². The molecule has 1 aliphatic rings. The van der Waals surface area contributed by atoms with Gasteiger partial charge in [-0.05, 0) is 49.7 Å². The van der Waals surface area contributed by atoms with Gasteiger partial charge in [0.1, 0.15) is 0 Å². The molecule has 0 bridgehead atoms. The fourth-order valence-corrected chi connectivity index (χ4v) is 4.65. The molecule has 0 aliphatic carbocycles. The van der Waals surface area contributed by atoms with Crippen LogP contribution in [0.2, 0.25) is 0 Å². The predicted octanol–water partition coefficient (Wildman–Crippen LogP) is 6.66. The third-order valence-corrected chi connectivity index (χ3v) is 6.45. The molecule has 1 aliphatic heterocycles. The Morgan fingerprint density at radius 1 is 0.903 bits per heavy atom. The lowest BCUT2D eigenvalue weighted by molar-refractivity contribution is 0.254. The molecule has 31 heavy (non-hydrogen) atoms. The number of unbranched alkanes of at least 4 members (excludes halogenated alkanes) is 3. The molecule has 0 saturated carbocycles. The third-order valence-electron chi connectivity index (χ3n) is 6.45. The normalized spacial score (nSPS) is 16.1. The zero-order valence-corrected chi connectivity index (χ0v) is 18.9. The summed E-state index contributed by atoms with van der Waals surface area (Å²) in [6.07, 6.45) is 9.95. The number of likely N-dealkylation sites (tertiary alicyclic amines) is 1. The molecule has 1 saturated heterocycles. The minimum atomic E-state index is -0.0377. The minimum absolute atomic E-state index is 0.0377. The van der Waals surface area contributed by atoms with Crippen molar-refractivity contribution in [2.24, 2.45) is 16.1 Å². The molecule has 0 radical (unpaired) electrons. The summed E-state index contributed by atoms with van der Waals surface area (Å²) in [4.78, 5) is 17.4. The number of aliphatic imine (C=N–C) groups is 1. The van der Waals surface area contributed by atoms with Crippen LogP contribution in [0.5, 0.6) is 0 Å². The molecule has 3 rings (SSSR count). The zero-order valence-electron chi connectivity index (χ0n) is 18.9. The number of nitroso groups, excluding NO2 is 1. The van der Waals surface area contributed by atoms with Crippen LogP contribution < -0.4 is 0 Å². The Balaban J connectivity index is 1.43. The Hall–Kier alpha value is -2.49. The number of rotatable bonds is 12. The van der Waals surface area contributed by atoms with Gasteiger partial charge in [0.05, 0.1) is 12.4 Å². The van der Waals surface area contributed by atoms with E-state index in [0.717, 1.165) is 38.9 Å². The van der Waals surface area contributed by atoms with E-state index in [2.05, 4.69) is 82.1 Å². The minimum Gasteiger partial charge on any atom is -0.363 e. The van der Waals surface area contributed by atoms with Gasteiger partial charge in [0.25, 0.3) is 0 Å². The van der Waals surface area contributed by atoms with Crippen molar-refractivity contribution < 1.29 is 0 Å². The third kappa shape index (κ3) is 7.61. The Morgan fingerprint density at radius 3 is 2.06 bits per heavy atom. The van der Waals surface area contributed by atoms with E-state index < -0.39 is 0 Å². The lowest BCUT2D eigenvalue weighted by Crippen LogP contribution is -2.35. The summed E-state index contributed by atoms with van der Waals surface area (Å²) in [7, 11) is 0. The highest BCUT2D eigenvalue weighted by Crippen LogP contribution is 2.37. The van der Waals surface area contributed by atoms with Crippen molar-refractivity contribution in [2.75, 3.05) is 19.6 Å². The smallest absolute Gasteiger partial charge is 0.0891 e. The van der Waals surface area contributed by atoms with Gasteiger partial charge in [-0.2, -0.15) is 4.91 Å². The standard InChI is InChI=1S/C27H37N3O/c1-23(29-31)12-6-2-3-11-19-28-22-30-20-17-26(18-21-30)27(24-13-7-4-8-14-24)25-15-9-5-10-16-25/h4-5,7-10,13-16,22-23,26-27H,2-3,6,11-12,17-21H2,1H3. The van der Waals surface area contributed by atoms with Crippen molar-refractivity contribution in [1.82, 2.24) is 4.90 Å². The predicted molar refractivity (Wildman–Crippen MR) is 131 cm³/mol. The fourth-order valence-electron chi connectivity index (χ4n) is 4.65. The summed E-state index contributed by atoms with van der Waals surface area (Å²) < 4.78 is 0. The van der Waals surface area contributed by atoms with Crippen LogP contribution in [0.15, 0.2) is 70.8 Å². The van der Waals surface area contributed by atoms with E-state index >= 15 is 0 Å². The van der Waals surface area contributed by atoms with Crippen molar-refractivity contribution in [1.29, 1.82) is 0 Å². The molecule has 1 unspecified atom stereocenters. The van der Waals surface area contributed by atoms with E-state index in [9.17, 15) is 4.91 Å². The maximum absolute atomic E-state index is 10.4. The molecule has 0 spiro atoms. The lowest BCUT2D eigenvalue weighted by atomic mass is 9.76. The topological polar surface area (TPSA) is 45.0 Å². The van der Waals surface area contributed by atoms with E-state index in [-0.39, 0.29) is 6.04 Å². The highest BCUT2D eigenvalue weighted by atomic mass is 16.3. The first-order chi connectivity index (χ1) is 15.3. The van der Waals surface area contributed by atoms with Crippen molar-refractivity contribution in [3.8, 4) is 0 Å². The molecule has 0 aromatic heterocycles. The monoisotopic (exact) mass is 419 g/mol. The molecule has 2 aromatic rings. The molecular formula is C27H37N3O. The molecule has 0 amide bonds. The second kappa shape index (κ2) is 13.0. The van der Waals surface area contributed by atoms with Crippen molar-refractivity contribution in [3.05, 3.63) is 76.7 Å². The van der Waals surface area contributed by atoms with Crippen molar-refractivity contribution in [2.45, 2.75) is 63.8 Å². The Bertz CT molecular complexity index is 730. The van der Waals surface area contributed by atoms with Gasteiger partial charge < -0.3 is 4.90 Å². The molecule has 1 atom stereocenters. The van der Waals surface area contributed by atoms with E-state index in [1.165, 1.54) is 36.8 Å². The number of benzene rings is 2. The van der Waals surface area contributed by atoms with Gasteiger partial charge in [0, 0.05) is 25.6 Å². The first-order valence-corrected chi connectivity index (χ1v) is 11.9. The van der Waals surface area contributed by atoms with Crippen LogP contribution in [0.1, 0.15) is 68.9 Å². The molecule has 2 aromatic carbocycles. The van der Waals surface area contributed by atoms with Crippen LogP contribution in [-0.2, 0) is 0 Å². The van der Waals surface area contributed by atoms with Crippen LogP contribution in [0.25, 0.3) is 0 Å². The van der Waals surface area contributed by atoms with Crippen LogP contribution in [0, 0.1) is 10.8 Å². The fraction of sp³-hybridized carbons (Fsp3) is 0.519. The molecule has 4 nitrogen and oxygen atoms in total. The molecule has 0 N–H and O–H groups in total. The summed E-state index contributed by atoms with van der Waals surface area (Å²) in [5.74, 6) is 1.14. The summed E-state index contributed by atoms with van der Waals surface area (Å²) >= 11 is 0. The number of nitrogens with zero attached hydrogens (tertiary/aromatic N) is 3. The Labute approximate surface area is 187 Å². The van der Waals surface area contributed by atoms with Gasteiger partial charge >= 0.3 is 0 Å². The second-order valence-electron chi connectivity index (χ2n) is 8.85. The summed E-state index contributed by atoms with van der Waals surface area (Å²) in [5, 5.41) is 3.06. The van der Waals surface area contributed by atoms with Gasteiger partial charge in [-0.25, -0.2) is 0 Å². The maximum Gasteiger partial charge on any atom is 0.0891 e. The van der Waals surface area contributed by atoms with Gasteiger partial charge in [-0.15, -0.1) is 0 Å². The molecular weight excluding hydrogens is 382 g/mol. The molecule has 4 heteroatoms. The lowest BCUT2D eigenvalue weighted by Gasteiger charge is -2.36. The average molecular weight is 420 g/mol. The van der Waals surface area contributed by atoms with Gasteiger partial charge in [0.2, 0.25) is 0 Å². The van der Waals surface area contributed by atoms with Crippen molar-refractivity contribution >= 4 is 6.34 Å². The first-order valence-electron chi connectivity index (χ1n) is 11.9. The number of piperidine rings is 1. The summed E-state index contributed by atoms with van der Waals surface area (Å²) in [5.41, 5.74) is 2.86. The van der Waals surface area contributed by atoms with E-state index in [1.54, 1.807) is 0 Å². The van der Waals surface area contributed by atoms with E-state index in [0.29, 0.717) is 11.8 Å². The van der Waals surface area contributed by atoms with Gasteiger partial charge in [0.15, 0.2) is 0 Å². The van der Waals surface area contributed by atoms with E-state index in [4.69, 9.17) is 0 Å². The highest BCUT2D eigenvalue weighted by Gasteiger charge is 2.28.